The second-order valence-electron chi connectivity index (χ2n) is 6.61. The van der Waals surface area contributed by atoms with Gasteiger partial charge >= 0.3 is 5.97 Å². The first-order valence-corrected chi connectivity index (χ1v) is 8.74. The number of ketones is 2. The maximum atomic E-state index is 13.2. The molecule has 134 valence electrons. The molecule has 0 atom stereocenters. The lowest BCUT2D eigenvalue weighted by Gasteiger charge is -2.21. The van der Waals surface area contributed by atoms with Crippen LogP contribution < -0.4 is 0 Å². The van der Waals surface area contributed by atoms with Crippen LogP contribution in [0.25, 0.3) is 10.9 Å². The Balaban J connectivity index is 2.16. The molecule has 0 amide bonds. The van der Waals surface area contributed by atoms with E-state index in [1.165, 1.54) is 0 Å². The summed E-state index contributed by atoms with van der Waals surface area (Å²) in [5.74, 6) is -1.35. The fraction of sp³-hybridized carbons (Fsp3) is 0.182. The summed E-state index contributed by atoms with van der Waals surface area (Å²) in [7, 11) is 0. The Labute approximate surface area is 156 Å². The number of nitrogens with zero attached hydrogens (tertiary/aromatic N) is 1. The Morgan fingerprint density at radius 3 is 2.37 bits per heavy atom. The number of rotatable bonds is 2. The molecule has 0 bridgehead atoms. The zero-order valence-electron chi connectivity index (χ0n) is 15.3. The molecule has 0 saturated heterocycles. The molecule has 1 aliphatic carbocycles. The predicted molar refractivity (Wildman–Crippen MR) is 100 cm³/mol. The first kappa shape index (κ1) is 17.1. The molecule has 5 nitrogen and oxygen atoms in total. The second-order valence-corrected chi connectivity index (χ2v) is 6.61. The van der Waals surface area contributed by atoms with Crippen LogP contribution in [-0.2, 0) is 4.74 Å². The van der Waals surface area contributed by atoms with E-state index in [0.29, 0.717) is 16.5 Å². The van der Waals surface area contributed by atoms with Gasteiger partial charge in [0, 0.05) is 16.5 Å². The zero-order valence-corrected chi connectivity index (χ0v) is 15.3. The fourth-order valence-electron chi connectivity index (χ4n) is 3.71. The Morgan fingerprint density at radius 1 is 1.04 bits per heavy atom. The number of pyridine rings is 1. The summed E-state index contributed by atoms with van der Waals surface area (Å²) in [6, 6.07) is 10.3. The molecule has 27 heavy (non-hydrogen) atoms. The number of benzene rings is 2. The topological polar surface area (TPSA) is 73.3 Å². The van der Waals surface area contributed by atoms with Crippen LogP contribution in [0.1, 0.15) is 60.4 Å². The number of aromatic nitrogens is 1. The molecule has 1 aromatic heterocycles. The molecule has 0 spiro atoms. The number of ether oxygens (including phenoxy) is 1. The Kier molecular flexibility index (Phi) is 3.88. The van der Waals surface area contributed by atoms with Crippen molar-refractivity contribution in [1.82, 2.24) is 4.98 Å². The molecule has 0 N–H and O–H groups in total. The van der Waals surface area contributed by atoms with E-state index in [0.717, 1.165) is 11.1 Å². The largest absolute Gasteiger partial charge is 0.462 e. The second kappa shape index (κ2) is 6.13. The van der Waals surface area contributed by atoms with Gasteiger partial charge in [-0.25, -0.2) is 9.78 Å². The third kappa shape index (κ3) is 2.46. The van der Waals surface area contributed by atoms with Gasteiger partial charge in [-0.2, -0.15) is 0 Å². The lowest BCUT2D eigenvalue weighted by Crippen LogP contribution is -2.26. The molecule has 1 heterocycles. The molecule has 2 aromatic carbocycles. The number of carbonyl (C=O) groups is 3. The number of carbonyl (C=O) groups excluding carboxylic acids is 3. The lowest BCUT2D eigenvalue weighted by molar-refractivity contribution is 0.0525. The van der Waals surface area contributed by atoms with Crippen LogP contribution >= 0.6 is 0 Å². The highest BCUT2D eigenvalue weighted by Gasteiger charge is 2.36. The van der Waals surface area contributed by atoms with Gasteiger partial charge < -0.3 is 4.74 Å². The van der Waals surface area contributed by atoms with Gasteiger partial charge in [0.15, 0.2) is 5.78 Å². The van der Waals surface area contributed by atoms with Gasteiger partial charge in [0.25, 0.3) is 0 Å². The molecule has 3 aromatic rings. The van der Waals surface area contributed by atoms with Crippen LogP contribution in [0, 0.1) is 13.8 Å². The van der Waals surface area contributed by atoms with Crippen LogP contribution in [0.5, 0.6) is 0 Å². The van der Waals surface area contributed by atoms with Crippen LogP contribution in [0.15, 0.2) is 36.4 Å². The van der Waals surface area contributed by atoms with E-state index in [1.54, 1.807) is 31.2 Å². The van der Waals surface area contributed by atoms with Gasteiger partial charge in [0.05, 0.1) is 23.3 Å². The summed E-state index contributed by atoms with van der Waals surface area (Å²) in [6.45, 7) is 5.64. The third-order valence-corrected chi connectivity index (χ3v) is 4.77. The maximum Gasteiger partial charge on any atom is 0.339 e. The molecule has 0 fully saturated rings. The Hall–Kier alpha value is -3.34. The maximum absolute atomic E-state index is 13.2. The predicted octanol–water partition coefficient (Wildman–Crippen LogP) is 3.80. The summed E-state index contributed by atoms with van der Waals surface area (Å²) >= 11 is 0. The molecule has 0 aliphatic heterocycles. The van der Waals surface area contributed by atoms with Crippen molar-refractivity contribution >= 4 is 28.4 Å². The molecule has 4 rings (SSSR count). The van der Waals surface area contributed by atoms with Crippen molar-refractivity contribution in [2.45, 2.75) is 20.8 Å². The molecule has 1 aliphatic rings. The number of hydrogen-bond donors (Lipinski definition) is 0. The SMILES string of the molecule is CCOC(=O)c1c2c(nc3cc(C)cc(C)c13)C(=O)c1ccccc1C2=O. The number of esters is 1. The van der Waals surface area contributed by atoms with E-state index in [-0.39, 0.29) is 40.6 Å². The highest BCUT2D eigenvalue weighted by atomic mass is 16.5. The molecular formula is C22H17NO4. The number of aryl methyl sites for hydroxylation is 2. The van der Waals surface area contributed by atoms with Crippen molar-refractivity contribution in [3.05, 3.63) is 75.5 Å². The quantitative estimate of drug-likeness (QED) is 0.509. The molecule has 0 radical (unpaired) electrons. The van der Waals surface area contributed by atoms with Crippen molar-refractivity contribution < 1.29 is 19.1 Å². The highest BCUT2D eigenvalue weighted by molar-refractivity contribution is 6.31. The van der Waals surface area contributed by atoms with E-state index in [2.05, 4.69) is 4.98 Å². The minimum atomic E-state index is -0.617. The van der Waals surface area contributed by atoms with E-state index < -0.39 is 5.97 Å². The van der Waals surface area contributed by atoms with Crippen LogP contribution in [0.2, 0.25) is 0 Å². The third-order valence-electron chi connectivity index (χ3n) is 4.77. The summed E-state index contributed by atoms with van der Waals surface area (Å²) in [4.78, 5) is 43.5. The summed E-state index contributed by atoms with van der Waals surface area (Å²) in [5.41, 5.74) is 3.04. The minimum Gasteiger partial charge on any atom is -0.462 e. The molecule has 0 saturated carbocycles. The molecule has 5 heteroatoms. The average Bonchev–Trinajstić information content (AvgIpc) is 2.64. The fourth-order valence-corrected chi connectivity index (χ4v) is 3.71. The van der Waals surface area contributed by atoms with Gasteiger partial charge in [0.2, 0.25) is 5.78 Å². The summed E-state index contributed by atoms with van der Waals surface area (Å²) < 4.78 is 5.23. The normalized spacial score (nSPS) is 12.7. The van der Waals surface area contributed by atoms with Crippen molar-refractivity contribution in [3.8, 4) is 0 Å². The molecular weight excluding hydrogens is 342 g/mol. The highest BCUT2D eigenvalue weighted by Crippen LogP contribution is 2.34. The Morgan fingerprint density at radius 2 is 1.70 bits per heavy atom. The van der Waals surface area contributed by atoms with E-state index in [1.807, 2.05) is 26.0 Å². The number of hydrogen-bond acceptors (Lipinski definition) is 5. The van der Waals surface area contributed by atoms with E-state index >= 15 is 0 Å². The van der Waals surface area contributed by atoms with Crippen molar-refractivity contribution in [2.75, 3.05) is 6.61 Å². The first-order valence-electron chi connectivity index (χ1n) is 8.74. The minimum absolute atomic E-state index is 0.0132. The molecule has 0 unspecified atom stereocenters. The van der Waals surface area contributed by atoms with Crippen molar-refractivity contribution in [2.24, 2.45) is 0 Å². The standard InChI is InChI=1S/C22H17NO4/c1-4-27-22(26)17-16-12(3)9-11(2)10-15(16)23-19-18(17)20(24)13-7-5-6-8-14(13)21(19)25/h5-10H,4H2,1-3H3. The van der Waals surface area contributed by atoms with Gasteiger partial charge in [-0.05, 0) is 38.0 Å². The summed E-state index contributed by atoms with van der Waals surface area (Å²) in [5, 5.41) is 0.554. The van der Waals surface area contributed by atoms with Crippen molar-refractivity contribution in [1.29, 1.82) is 0 Å². The lowest BCUT2D eigenvalue weighted by atomic mass is 9.83. The number of fused-ring (bicyclic) bond motifs is 3. The zero-order chi connectivity index (χ0) is 19.3. The summed E-state index contributed by atoms with van der Waals surface area (Å²) in [6.07, 6.45) is 0. The van der Waals surface area contributed by atoms with Crippen LogP contribution in [0.3, 0.4) is 0 Å². The Bertz CT molecular complexity index is 1160. The van der Waals surface area contributed by atoms with Crippen molar-refractivity contribution in [3.63, 3.8) is 0 Å². The average molecular weight is 359 g/mol. The first-order chi connectivity index (χ1) is 12.9. The van der Waals surface area contributed by atoms with Crippen LogP contribution in [0.4, 0.5) is 0 Å². The van der Waals surface area contributed by atoms with E-state index in [4.69, 9.17) is 4.74 Å². The smallest absolute Gasteiger partial charge is 0.339 e. The van der Waals surface area contributed by atoms with Crippen LogP contribution in [-0.4, -0.2) is 29.1 Å². The van der Waals surface area contributed by atoms with E-state index in [9.17, 15) is 14.4 Å². The van der Waals surface area contributed by atoms with Gasteiger partial charge in [-0.15, -0.1) is 0 Å². The monoisotopic (exact) mass is 359 g/mol. The van der Waals surface area contributed by atoms with Gasteiger partial charge in [-0.3, -0.25) is 9.59 Å². The van der Waals surface area contributed by atoms with Gasteiger partial charge in [0.1, 0.15) is 5.69 Å². The van der Waals surface area contributed by atoms with Gasteiger partial charge in [-0.1, -0.05) is 30.3 Å².